The average molecular weight is 399 g/mol. The van der Waals surface area contributed by atoms with Gasteiger partial charge in [0.25, 0.3) is 5.91 Å². The molecule has 2 saturated heterocycles. The summed E-state index contributed by atoms with van der Waals surface area (Å²) in [5.74, 6) is 0.290. The van der Waals surface area contributed by atoms with Crippen LogP contribution in [0.2, 0.25) is 0 Å². The lowest BCUT2D eigenvalue weighted by molar-refractivity contribution is -0.150. The van der Waals surface area contributed by atoms with Crippen molar-refractivity contribution in [2.24, 2.45) is 5.92 Å². The number of nitrogens with zero attached hydrogens (tertiary/aromatic N) is 2. The van der Waals surface area contributed by atoms with Crippen LogP contribution in [-0.4, -0.2) is 53.9 Å². The zero-order valence-corrected chi connectivity index (χ0v) is 16.9. The zero-order valence-electron chi connectivity index (χ0n) is 16.1. The van der Waals surface area contributed by atoms with E-state index in [0.717, 1.165) is 23.3 Å². The van der Waals surface area contributed by atoms with E-state index in [4.69, 9.17) is 4.74 Å². The van der Waals surface area contributed by atoms with E-state index in [0.29, 0.717) is 26.2 Å². The Labute approximate surface area is 169 Å². The van der Waals surface area contributed by atoms with Crippen molar-refractivity contribution in [3.8, 4) is 0 Å². The van der Waals surface area contributed by atoms with E-state index in [2.05, 4.69) is 12.1 Å². The number of thiophene rings is 1. The van der Waals surface area contributed by atoms with Crippen LogP contribution in [0.4, 0.5) is 0 Å². The van der Waals surface area contributed by atoms with Crippen molar-refractivity contribution in [1.29, 1.82) is 0 Å². The first kappa shape index (κ1) is 19.2. The van der Waals surface area contributed by atoms with Crippen LogP contribution in [0, 0.1) is 5.92 Å². The van der Waals surface area contributed by atoms with E-state index in [1.165, 1.54) is 11.3 Å². The molecule has 0 radical (unpaired) electrons. The molecule has 2 unspecified atom stereocenters. The summed E-state index contributed by atoms with van der Waals surface area (Å²) in [6, 6.07) is 13.9. The van der Waals surface area contributed by atoms with Crippen LogP contribution in [0.15, 0.2) is 47.8 Å². The van der Waals surface area contributed by atoms with Crippen LogP contribution in [0.1, 0.15) is 41.1 Å². The molecule has 6 heteroatoms. The van der Waals surface area contributed by atoms with Crippen LogP contribution in [-0.2, 0) is 9.53 Å². The first-order valence-electron chi connectivity index (χ1n) is 9.94. The van der Waals surface area contributed by atoms with Crippen LogP contribution in [0.3, 0.4) is 0 Å². The highest BCUT2D eigenvalue weighted by Gasteiger charge is 2.35. The number of morpholine rings is 1. The number of carbonyl (C=O) groups excluding carboxylic acids is 2. The number of amides is 2. The summed E-state index contributed by atoms with van der Waals surface area (Å²) in [6.45, 7) is 4.56. The molecule has 4 rings (SSSR count). The summed E-state index contributed by atoms with van der Waals surface area (Å²) in [4.78, 5) is 30.3. The lowest BCUT2D eigenvalue weighted by atomic mass is 9.94. The standard InChI is InChI=1S/C22H26N2O3S/c1-16-14-24(15-19(27-16)17-6-3-2-4-7-17)21(25)18-9-11-23(12-10-18)22(26)20-8-5-13-28-20/h2-8,13,16,18-19H,9-12,14-15H2,1H3. The zero-order chi connectivity index (χ0) is 19.5. The normalized spacial score (nSPS) is 23.6. The average Bonchev–Trinajstić information content (AvgIpc) is 3.28. The molecule has 148 valence electrons. The fourth-order valence-corrected chi connectivity index (χ4v) is 4.82. The first-order valence-corrected chi connectivity index (χ1v) is 10.8. The molecule has 0 bridgehead atoms. The van der Waals surface area contributed by atoms with E-state index in [-0.39, 0.29) is 29.9 Å². The van der Waals surface area contributed by atoms with E-state index in [1.54, 1.807) is 0 Å². The summed E-state index contributed by atoms with van der Waals surface area (Å²) >= 11 is 1.47. The Morgan fingerprint density at radius 3 is 2.43 bits per heavy atom. The number of rotatable bonds is 3. The van der Waals surface area contributed by atoms with Crippen molar-refractivity contribution in [1.82, 2.24) is 9.80 Å². The quantitative estimate of drug-likeness (QED) is 0.794. The number of piperidine rings is 1. The summed E-state index contributed by atoms with van der Waals surface area (Å²) in [5.41, 5.74) is 1.11. The molecule has 2 atom stereocenters. The Balaban J connectivity index is 1.36. The Bertz CT molecular complexity index is 800. The second-order valence-electron chi connectivity index (χ2n) is 7.63. The number of benzene rings is 1. The number of likely N-dealkylation sites (tertiary alicyclic amines) is 1. The second-order valence-corrected chi connectivity index (χ2v) is 8.58. The highest BCUT2D eigenvalue weighted by Crippen LogP contribution is 2.28. The minimum absolute atomic E-state index is 0.00545. The van der Waals surface area contributed by atoms with Gasteiger partial charge in [0.1, 0.15) is 6.10 Å². The van der Waals surface area contributed by atoms with Gasteiger partial charge in [0.05, 0.1) is 17.5 Å². The topological polar surface area (TPSA) is 49.9 Å². The Morgan fingerprint density at radius 1 is 1.00 bits per heavy atom. The molecule has 2 aromatic rings. The van der Waals surface area contributed by atoms with E-state index < -0.39 is 0 Å². The van der Waals surface area contributed by atoms with E-state index in [9.17, 15) is 9.59 Å². The van der Waals surface area contributed by atoms with Gasteiger partial charge in [-0.05, 0) is 36.8 Å². The molecule has 1 aromatic carbocycles. The first-order chi connectivity index (χ1) is 13.6. The lowest BCUT2D eigenvalue weighted by Gasteiger charge is -2.40. The van der Waals surface area contributed by atoms with Crippen LogP contribution in [0.5, 0.6) is 0 Å². The lowest BCUT2D eigenvalue weighted by Crippen LogP contribution is -2.50. The predicted octanol–water partition coefficient (Wildman–Crippen LogP) is 3.59. The largest absolute Gasteiger partial charge is 0.367 e. The van der Waals surface area contributed by atoms with Crippen molar-refractivity contribution in [2.45, 2.75) is 32.0 Å². The van der Waals surface area contributed by atoms with Gasteiger partial charge in [0, 0.05) is 25.6 Å². The van der Waals surface area contributed by atoms with Crippen molar-refractivity contribution >= 4 is 23.2 Å². The third kappa shape index (κ3) is 4.13. The van der Waals surface area contributed by atoms with Gasteiger partial charge in [-0.1, -0.05) is 36.4 Å². The monoisotopic (exact) mass is 398 g/mol. The summed E-state index contributed by atoms with van der Waals surface area (Å²) in [6.07, 6.45) is 1.41. The molecule has 0 spiro atoms. The number of carbonyl (C=O) groups is 2. The van der Waals surface area contributed by atoms with Crippen LogP contribution < -0.4 is 0 Å². The third-order valence-corrected chi connectivity index (χ3v) is 6.46. The van der Waals surface area contributed by atoms with Gasteiger partial charge in [0.2, 0.25) is 5.91 Å². The fraction of sp³-hybridized carbons (Fsp3) is 0.455. The van der Waals surface area contributed by atoms with Gasteiger partial charge in [-0.25, -0.2) is 0 Å². The molecular weight excluding hydrogens is 372 g/mol. The summed E-state index contributed by atoms with van der Waals surface area (Å²) in [5, 5.41) is 1.92. The minimum atomic E-state index is -0.0746. The molecule has 2 fully saturated rings. The maximum absolute atomic E-state index is 13.1. The predicted molar refractivity (Wildman–Crippen MR) is 109 cm³/mol. The van der Waals surface area contributed by atoms with Crippen molar-refractivity contribution < 1.29 is 14.3 Å². The molecule has 0 aliphatic carbocycles. The minimum Gasteiger partial charge on any atom is -0.367 e. The Kier molecular flexibility index (Phi) is 5.78. The van der Waals surface area contributed by atoms with Crippen molar-refractivity contribution in [2.75, 3.05) is 26.2 Å². The maximum Gasteiger partial charge on any atom is 0.263 e. The molecule has 2 aliphatic heterocycles. The molecule has 0 saturated carbocycles. The van der Waals surface area contributed by atoms with Gasteiger partial charge in [-0.2, -0.15) is 0 Å². The third-order valence-electron chi connectivity index (χ3n) is 5.61. The number of hydrogen-bond acceptors (Lipinski definition) is 4. The smallest absolute Gasteiger partial charge is 0.263 e. The SMILES string of the molecule is CC1CN(C(=O)C2CCN(C(=O)c3cccs3)CC2)CC(c2ccccc2)O1. The molecule has 28 heavy (non-hydrogen) atoms. The van der Waals surface area contributed by atoms with Crippen LogP contribution in [0.25, 0.3) is 0 Å². The molecule has 0 N–H and O–H groups in total. The molecule has 3 heterocycles. The molecule has 2 aliphatic rings. The summed E-state index contributed by atoms with van der Waals surface area (Å²) in [7, 11) is 0. The fourth-order valence-electron chi connectivity index (χ4n) is 4.13. The van der Waals surface area contributed by atoms with Crippen LogP contribution >= 0.6 is 11.3 Å². The van der Waals surface area contributed by atoms with Crippen molar-refractivity contribution in [3.63, 3.8) is 0 Å². The molecule has 5 nitrogen and oxygen atoms in total. The van der Waals surface area contributed by atoms with Gasteiger partial charge in [-0.15, -0.1) is 11.3 Å². The Hall–Kier alpha value is -2.18. The highest BCUT2D eigenvalue weighted by molar-refractivity contribution is 7.12. The highest BCUT2D eigenvalue weighted by atomic mass is 32.1. The molecule has 1 aromatic heterocycles. The maximum atomic E-state index is 13.1. The Morgan fingerprint density at radius 2 is 1.75 bits per heavy atom. The number of hydrogen-bond donors (Lipinski definition) is 0. The van der Waals surface area contributed by atoms with Gasteiger partial charge >= 0.3 is 0 Å². The van der Waals surface area contributed by atoms with E-state index >= 15 is 0 Å². The second kappa shape index (κ2) is 8.45. The van der Waals surface area contributed by atoms with Crippen molar-refractivity contribution in [3.05, 3.63) is 58.3 Å². The van der Waals surface area contributed by atoms with Gasteiger partial charge in [0.15, 0.2) is 0 Å². The summed E-state index contributed by atoms with van der Waals surface area (Å²) < 4.78 is 6.08. The number of ether oxygens (including phenoxy) is 1. The van der Waals surface area contributed by atoms with Gasteiger partial charge < -0.3 is 14.5 Å². The molecule has 2 amide bonds. The molecular formula is C22H26N2O3S. The van der Waals surface area contributed by atoms with Gasteiger partial charge in [-0.3, -0.25) is 9.59 Å². The van der Waals surface area contributed by atoms with E-state index in [1.807, 2.05) is 52.4 Å².